The summed E-state index contributed by atoms with van der Waals surface area (Å²) in [6.07, 6.45) is 0.140. The Kier molecular flexibility index (Phi) is 11.4. The van der Waals surface area contributed by atoms with Gasteiger partial charge in [0.25, 0.3) is 0 Å². The van der Waals surface area contributed by atoms with E-state index in [1.807, 2.05) is 48.5 Å². The van der Waals surface area contributed by atoms with Gasteiger partial charge in [-0.05, 0) is 73.9 Å². The van der Waals surface area contributed by atoms with Gasteiger partial charge >= 0.3 is 24.2 Å². The van der Waals surface area contributed by atoms with Crippen molar-refractivity contribution in [1.82, 2.24) is 25.3 Å². The molecular formula is C46H50FN5O10. The Morgan fingerprint density at radius 3 is 2.32 bits per heavy atom. The van der Waals surface area contributed by atoms with Crippen molar-refractivity contribution in [2.75, 3.05) is 26.2 Å². The van der Waals surface area contributed by atoms with Gasteiger partial charge in [-0.1, -0.05) is 72.8 Å². The van der Waals surface area contributed by atoms with Gasteiger partial charge in [-0.2, -0.15) is 0 Å². The molecule has 3 heterocycles. The second kappa shape index (κ2) is 16.8. The maximum Gasteiger partial charge on any atom is 0.410 e. The molecule has 5 aliphatic rings. The zero-order valence-electron chi connectivity index (χ0n) is 34.8. The van der Waals surface area contributed by atoms with E-state index in [2.05, 4.69) is 10.6 Å². The van der Waals surface area contributed by atoms with Crippen molar-refractivity contribution < 1.29 is 52.5 Å². The second-order valence-electron chi connectivity index (χ2n) is 17.6. The summed E-state index contributed by atoms with van der Waals surface area (Å²) in [6.45, 7) is 5.04. The van der Waals surface area contributed by atoms with Crippen LogP contribution in [-0.4, -0.2) is 111 Å². The lowest BCUT2D eigenvalue weighted by atomic mass is 9.98. The zero-order valence-corrected chi connectivity index (χ0v) is 34.8. The van der Waals surface area contributed by atoms with Crippen LogP contribution in [-0.2, 0) is 41.7 Å². The number of ether oxygens (including phenoxy) is 3. The number of alkyl carbamates (subject to hydrolysis) is 1. The largest absolute Gasteiger partial charge is 0.479 e. The van der Waals surface area contributed by atoms with E-state index >= 15 is 0 Å². The van der Waals surface area contributed by atoms with Crippen LogP contribution in [0.3, 0.4) is 0 Å². The van der Waals surface area contributed by atoms with Gasteiger partial charge in [-0.3, -0.25) is 14.5 Å². The van der Waals surface area contributed by atoms with Crippen LogP contribution in [0.5, 0.6) is 0 Å². The van der Waals surface area contributed by atoms with E-state index in [0.29, 0.717) is 11.1 Å². The van der Waals surface area contributed by atoms with Crippen molar-refractivity contribution >= 4 is 36.1 Å². The van der Waals surface area contributed by atoms with Crippen molar-refractivity contribution in [3.05, 3.63) is 107 Å². The van der Waals surface area contributed by atoms with Crippen LogP contribution < -0.4 is 10.6 Å². The number of carboxylic acid groups (broad SMARTS) is 1. The first-order valence-corrected chi connectivity index (χ1v) is 21.0. The molecule has 0 radical (unpaired) electrons. The molecule has 62 heavy (non-hydrogen) atoms. The molecule has 2 fully saturated rings. The first-order chi connectivity index (χ1) is 29.6. The van der Waals surface area contributed by atoms with Gasteiger partial charge in [0, 0.05) is 43.5 Å². The number of benzene rings is 3. The van der Waals surface area contributed by atoms with E-state index in [0.717, 1.165) is 22.3 Å². The van der Waals surface area contributed by atoms with Gasteiger partial charge in [-0.15, -0.1) is 0 Å². The molecule has 15 nitrogen and oxygen atoms in total. The first kappa shape index (κ1) is 42.2. The number of halogens is 1. The third-order valence-electron chi connectivity index (χ3n) is 12.2. The Balaban J connectivity index is 1.03. The predicted molar refractivity (Wildman–Crippen MR) is 221 cm³/mol. The van der Waals surface area contributed by atoms with Crippen LogP contribution in [0.25, 0.3) is 11.1 Å². The van der Waals surface area contributed by atoms with E-state index in [1.54, 1.807) is 45.1 Å². The molecule has 3 N–H and O–H groups in total. The van der Waals surface area contributed by atoms with Crippen LogP contribution >= 0.6 is 0 Å². The number of carbonyl (C=O) groups is 6. The van der Waals surface area contributed by atoms with Crippen molar-refractivity contribution in [3.8, 4) is 11.1 Å². The molecule has 5 amide bonds. The Labute approximate surface area is 358 Å². The SMILES string of the molecule is CC(C)(C)OC(=O)N[C@H]1CCCN(C(=O)OCC2c3ccccc3-c3ccccc32)C/C=C\[C@H]2C[C@@]2(C(=O)O)NC(=O)[C@@H]2C[C@@H](OC(=O)N3Cc4cccc(F)c4C3)CN2C1=O. The van der Waals surface area contributed by atoms with Gasteiger partial charge in [0.15, 0.2) is 0 Å². The van der Waals surface area contributed by atoms with Crippen LogP contribution in [0.1, 0.15) is 74.6 Å². The number of aliphatic carboxylic acids is 1. The van der Waals surface area contributed by atoms with E-state index in [4.69, 9.17) is 14.2 Å². The fraction of sp³-hybridized carbons (Fsp3) is 0.435. The van der Waals surface area contributed by atoms with Gasteiger partial charge in [0.05, 0.1) is 13.1 Å². The van der Waals surface area contributed by atoms with Crippen molar-refractivity contribution in [2.45, 2.75) is 94.8 Å². The lowest BCUT2D eigenvalue weighted by Gasteiger charge is -2.30. The third-order valence-corrected chi connectivity index (χ3v) is 12.2. The molecule has 3 aliphatic heterocycles. The Bertz CT molecular complexity index is 2280. The molecule has 1 saturated carbocycles. The highest BCUT2D eigenvalue weighted by atomic mass is 19.1. The monoisotopic (exact) mass is 851 g/mol. The molecule has 5 atom stereocenters. The standard InChI is InChI=1S/C46H50FN5O10/c1-45(2,3)62-42(57)48-37-18-10-20-50(43(58)60-26-35-32-15-6-4-13-30(32)31-14-5-7-16-33(31)35)19-9-12-28-22-46(28,41(55)56)49-39(53)38-21-29(24-52(38)40(37)54)61-44(59)51-23-27-11-8-17-36(47)34(27)25-51/h4-9,11-17,28-29,35,37-38H,10,18-26H2,1-3H3,(H,48,57)(H,49,53)(H,55,56)/b12-9-/t28-,29+,37-,38-,46+/m0/s1. The summed E-state index contributed by atoms with van der Waals surface area (Å²) in [6, 6.07) is 18.0. The molecule has 326 valence electrons. The minimum Gasteiger partial charge on any atom is -0.479 e. The Morgan fingerprint density at radius 2 is 1.65 bits per heavy atom. The summed E-state index contributed by atoms with van der Waals surface area (Å²) in [5.41, 5.74) is 2.64. The number of carboxylic acids is 1. The molecule has 0 spiro atoms. The topological polar surface area (TPSA) is 184 Å². The minimum absolute atomic E-state index is 0.00350. The Hall–Kier alpha value is -6.45. The van der Waals surface area contributed by atoms with Gasteiger partial charge < -0.3 is 39.8 Å². The summed E-state index contributed by atoms with van der Waals surface area (Å²) >= 11 is 0. The number of rotatable bonds is 5. The molecule has 8 rings (SSSR count). The summed E-state index contributed by atoms with van der Waals surface area (Å²) < 4.78 is 31.8. The quantitative estimate of drug-likeness (QED) is 0.213. The number of nitrogens with zero attached hydrogens (tertiary/aromatic N) is 3. The lowest BCUT2D eigenvalue weighted by molar-refractivity contribution is -0.145. The summed E-state index contributed by atoms with van der Waals surface area (Å²) in [5.74, 6) is -4.00. The summed E-state index contributed by atoms with van der Waals surface area (Å²) in [7, 11) is 0. The van der Waals surface area contributed by atoms with E-state index in [9.17, 15) is 38.3 Å². The van der Waals surface area contributed by atoms with Crippen LogP contribution in [0.4, 0.5) is 18.8 Å². The van der Waals surface area contributed by atoms with Crippen LogP contribution in [0, 0.1) is 11.7 Å². The third kappa shape index (κ3) is 8.55. The molecule has 2 aliphatic carbocycles. The van der Waals surface area contributed by atoms with Crippen molar-refractivity contribution in [3.63, 3.8) is 0 Å². The smallest absolute Gasteiger partial charge is 0.410 e. The number of hydrogen-bond donors (Lipinski definition) is 3. The molecule has 16 heteroatoms. The van der Waals surface area contributed by atoms with Gasteiger partial charge in [-0.25, -0.2) is 23.6 Å². The normalized spacial score (nSPS) is 25.1. The highest BCUT2D eigenvalue weighted by Crippen LogP contribution is 2.46. The predicted octanol–water partition coefficient (Wildman–Crippen LogP) is 5.70. The van der Waals surface area contributed by atoms with E-state index in [-0.39, 0.29) is 70.9 Å². The number of hydrogen-bond acceptors (Lipinski definition) is 9. The molecule has 3 aromatic carbocycles. The number of carbonyl (C=O) groups excluding carboxylic acids is 5. The number of amides is 5. The fourth-order valence-electron chi connectivity index (χ4n) is 9.06. The number of fused-ring (bicyclic) bond motifs is 6. The fourth-order valence-corrected chi connectivity index (χ4v) is 9.06. The molecule has 1 saturated heterocycles. The maximum atomic E-state index is 14.6. The van der Waals surface area contributed by atoms with Crippen LogP contribution in [0.2, 0.25) is 0 Å². The molecule has 0 unspecified atom stereocenters. The average Bonchev–Trinajstić information content (AvgIpc) is 3.51. The van der Waals surface area contributed by atoms with E-state index < -0.39 is 77.1 Å². The Morgan fingerprint density at radius 1 is 0.935 bits per heavy atom. The summed E-state index contributed by atoms with van der Waals surface area (Å²) in [5, 5.41) is 15.7. The van der Waals surface area contributed by atoms with Gasteiger partial charge in [0.1, 0.15) is 41.8 Å². The maximum absolute atomic E-state index is 14.6. The van der Waals surface area contributed by atoms with Crippen molar-refractivity contribution in [1.29, 1.82) is 0 Å². The average molecular weight is 852 g/mol. The zero-order chi connectivity index (χ0) is 43.9. The highest BCUT2D eigenvalue weighted by molar-refractivity contribution is 5.96. The number of nitrogens with one attached hydrogen (secondary N) is 2. The molecule has 0 bridgehead atoms. The molecular weight excluding hydrogens is 802 g/mol. The minimum atomic E-state index is -1.69. The van der Waals surface area contributed by atoms with Crippen LogP contribution in [0.15, 0.2) is 78.9 Å². The molecule has 0 aromatic heterocycles. The first-order valence-electron chi connectivity index (χ1n) is 21.0. The van der Waals surface area contributed by atoms with Gasteiger partial charge in [0.2, 0.25) is 11.8 Å². The van der Waals surface area contributed by atoms with E-state index in [1.165, 1.54) is 20.8 Å². The lowest BCUT2D eigenvalue weighted by Crippen LogP contribution is -2.56. The van der Waals surface area contributed by atoms with Crippen molar-refractivity contribution in [2.24, 2.45) is 5.92 Å². The molecule has 3 aromatic rings. The summed E-state index contributed by atoms with van der Waals surface area (Å²) in [4.78, 5) is 86.0. The second-order valence-corrected chi connectivity index (χ2v) is 17.6. The highest BCUT2D eigenvalue weighted by Gasteiger charge is 2.61.